The van der Waals surface area contributed by atoms with Gasteiger partial charge in [-0.15, -0.1) is 0 Å². The lowest BCUT2D eigenvalue weighted by atomic mass is 10.0. The number of nitrogens with zero attached hydrogens (tertiary/aromatic N) is 2. The first-order valence-electron chi connectivity index (χ1n) is 6.55. The SMILES string of the molecule is CCCc1[nH]nc(-c2c(O)ccc(F)c2[N+](=O)[O-])c1/C=C/S. The Morgan fingerprint density at radius 2 is 2.27 bits per heavy atom. The van der Waals surface area contributed by atoms with E-state index in [1.165, 1.54) is 5.41 Å². The van der Waals surface area contributed by atoms with Crippen molar-refractivity contribution in [2.75, 3.05) is 0 Å². The fourth-order valence-corrected chi connectivity index (χ4v) is 2.39. The van der Waals surface area contributed by atoms with Crippen molar-refractivity contribution in [3.63, 3.8) is 0 Å². The van der Waals surface area contributed by atoms with Crippen LogP contribution in [-0.4, -0.2) is 20.2 Å². The zero-order valence-electron chi connectivity index (χ0n) is 11.7. The number of thiol groups is 1. The zero-order valence-corrected chi connectivity index (χ0v) is 12.6. The first kappa shape index (κ1) is 16.0. The van der Waals surface area contributed by atoms with E-state index in [1.54, 1.807) is 6.08 Å². The fraction of sp³-hybridized carbons (Fsp3) is 0.214. The Balaban J connectivity index is 2.77. The van der Waals surface area contributed by atoms with E-state index in [4.69, 9.17) is 0 Å². The molecule has 0 bridgehead atoms. The van der Waals surface area contributed by atoms with Gasteiger partial charge >= 0.3 is 5.69 Å². The molecule has 0 unspecified atom stereocenters. The van der Waals surface area contributed by atoms with Crippen LogP contribution in [0.5, 0.6) is 5.75 Å². The van der Waals surface area contributed by atoms with Gasteiger partial charge in [-0.2, -0.15) is 22.1 Å². The highest BCUT2D eigenvalue weighted by molar-refractivity contribution is 7.83. The quantitative estimate of drug-likeness (QED) is 0.444. The van der Waals surface area contributed by atoms with Crippen molar-refractivity contribution in [3.05, 3.63) is 44.7 Å². The number of rotatable bonds is 5. The monoisotopic (exact) mass is 323 g/mol. The van der Waals surface area contributed by atoms with E-state index >= 15 is 0 Å². The number of phenolic OH excluding ortho intramolecular Hbond substituents is 1. The van der Waals surface area contributed by atoms with Gasteiger partial charge < -0.3 is 5.11 Å². The van der Waals surface area contributed by atoms with E-state index in [0.717, 1.165) is 24.2 Å². The third-order valence-corrected chi connectivity index (χ3v) is 3.30. The van der Waals surface area contributed by atoms with Crippen molar-refractivity contribution in [1.29, 1.82) is 0 Å². The molecular weight excluding hydrogens is 309 g/mol. The van der Waals surface area contributed by atoms with Gasteiger partial charge in [0.1, 0.15) is 17.0 Å². The molecule has 1 aromatic carbocycles. The van der Waals surface area contributed by atoms with Gasteiger partial charge in [-0.1, -0.05) is 13.3 Å². The van der Waals surface area contributed by atoms with Gasteiger partial charge in [-0.3, -0.25) is 15.2 Å². The second-order valence-corrected chi connectivity index (χ2v) is 4.88. The molecular formula is C14H14FN3O3S. The number of hydrogen-bond donors (Lipinski definition) is 3. The van der Waals surface area contributed by atoms with Crippen LogP contribution in [0.1, 0.15) is 24.6 Å². The highest BCUT2D eigenvalue weighted by Gasteiger charge is 2.28. The Morgan fingerprint density at radius 3 is 2.86 bits per heavy atom. The number of aryl methyl sites for hydroxylation is 1. The summed E-state index contributed by atoms with van der Waals surface area (Å²) < 4.78 is 13.8. The summed E-state index contributed by atoms with van der Waals surface area (Å²) in [5.41, 5.74) is 0.354. The highest BCUT2D eigenvalue weighted by Crippen LogP contribution is 2.41. The highest BCUT2D eigenvalue weighted by atomic mass is 32.1. The first-order chi connectivity index (χ1) is 10.5. The van der Waals surface area contributed by atoms with Crippen molar-refractivity contribution in [2.24, 2.45) is 0 Å². The number of aromatic amines is 1. The van der Waals surface area contributed by atoms with Crippen LogP contribution in [0.3, 0.4) is 0 Å². The average Bonchev–Trinajstić information content (AvgIpc) is 2.84. The standard InChI is InChI=1S/C14H14FN3O3S/c1-2-3-10-8(6-7-22)13(17-16-10)12-11(19)5-4-9(15)14(12)18(20)21/h4-7,19,22H,2-3H2,1H3,(H,16,17)/b7-6+. The molecule has 0 saturated heterocycles. The molecule has 6 nitrogen and oxygen atoms in total. The van der Waals surface area contributed by atoms with Gasteiger partial charge in [-0.25, -0.2) is 0 Å². The summed E-state index contributed by atoms with van der Waals surface area (Å²) in [4.78, 5) is 10.3. The predicted octanol–water partition coefficient (Wildman–Crippen LogP) is 3.68. The van der Waals surface area contributed by atoms with Crippen molar-refractivity contribution in [3.8, 4) is 17.0 Å². The maximum absolute atomic E-state index is 13.8. The van der Waals surface area contributed by atoms with E-state index in [9.17, 15) is 19.6 Å². The Morgan fingerprint density at radius 1 is 1.55 bits per heavy atom. The van der Waals surface area contributed by atoms with E-state index in [1.807, 2.05) is 6.92 Å². The second-order valence-electron chi connectivity index (χ2n) is 4.58. The topological polar surface area (TPSA) is 92.0 Å². The number of nitro groups is 1. The average molecular weight is 323 g/mol. The number of halogens is 1. The fourth-order valence-electron chi connectivity index (χ4n) is 2.24. The summed E-state index contributed by atoms with van der Waals surface area (Å²) in [5, 5.41) is 29.4. The molecule has 0 aliphatic carbocycles. The summed E-state index contributed by atoms with van der Waals surface area (Å²) in [6, 6.07) is 1.92. The molecule has 2 aromatic rings. The number of phenols is 1. The third kappa shape index (κ3) is 2.82. The van der Waals surface area contributed by atoms with E-state index < -0.39 is 22.2 Å². The molecule has 0 aliphatic heterocycles. The van der Waals surface area contributed by atoms with Crippen molar-refractivity contribution in [2.45, 2.75) is 19.8 Å². The lowest BCUT2D eigenvalue weighted by Gasteiger charge is -2.05. The van der Waals surface area contributed by atoms with Gasteiger partial charge in [0, 0.05) is 11.3 Å². The first-order valence-corrected chi connectivity index (χ1v) is 7.07. The summed E-state index contributed by atoms with van der Waals surface area (Å²) in [5.74, 6) is -1.44. The number of nitro benzene ring substituents is 1. The lowest BCUT2D eigenvalue weighted by molar-refractivity contribution is -0.386. The molecule has 116 valence electrons. The van der Waals surface area contributed by atoms with Crippen LogP contribution < -0.4 is 0 Å². The Kier molecular flexibility index (Phi) is 4.81. The van der Waals surface area contributed by atoms with Crippen LogP contribution in [0.25, 0.3) is 17.3 Å². The molecule has 0 atom stereocenters. The Hall–Kier alpha value is -2.35. The Labute approximate surface area is 131 Å². The number of hydrogen-bond acceptors (Lipinski definition) is 5. The van der Waals surface area contributed by atoms with Gasteiger partial charge in [-0.05, 0) is 30.0 Å². The van der Waals surface area contributed by atoms with Crippen LogP contribution in [0.4, 0.5) is 10.1 Å². The second kappa shape index (κ2) is 6.61. The van der Waals surface area contributed by atoms with Gasteiger partial charge in [0.15, 0.2) is 0 Å². The summed E-state index contributed by atoms with van der Waals surface area (Å²) >= 11 is 4.00. The Bertz CT molecular complexity index is 743. The number of aromatic hydroxyl groups is 1. The number of nitrogens with one attached hydrogen (secondary N) is 1. The zero-order chi connectivity index (χ0) is 16.3. The van der Waals surface area contributed by atoms with Crippen molar-refractivity contribution < 1.29 is 14.4 Å². The van der Waals surface area contributed by atoms with Crippen LogP contribution in [0, 0.1) is 15.9 Å². The molecule has 2 N–H and O–H groups in total. The third-order valence-electron chi connectivity index (χ3n) is 3.15. The molecule has 0 amide bonds. The van der Waals surface area contributed by atoms with E-state index in [2.05, 4.69) is 22.8 Å². The van der Waals surface area contributed by atoms with Crippen LogP contribution in [0.2, 0.25) is 0 Å². The normalized spacial score (nSPS) is 11.2. The van der Waals surface area contributed by atoms with Gasteiger partial charge in [0.2, 0.25) is 5.82 Å². The van der Waals surface area contributed by atoms with Crippen molar-refractivity contribution in [1.82, 2.24) is 10.2 Å². The van der Waals surface area contributed by atoms with Crippen LogP contribution in [-0.2, 0) is 6.42 Å². The summed E-state index contributed by atoms with van der Waals surface area (Å²) in [6.07, 6.45) is 3.08. The minimum Gasteiger partial charge on any atom is -0.507 e. The number of H-pyrrole nitrogens is 1. The van der Waals surface area contributed by atoms with E-state index in [0.29, 0.717) is 12.0 Å². The minimum atomic E-state index is -1.03. The van der Waals surface area contributed by atoms with Crippen LogP contribution in [0.15, 0.2) is 17.5 Å². The largest absolute Gasteiger partial charge is 0.507 e. The number of aromatic nitrogens is 2. The molecule has 1 aromatic heterocycles. The molecule has 22 heavy (non-hydrogen) atoms. The maximum atomic E-state index is 13.8. The summed E-state index contributed by atoms with van der Waals surface area (Å²) in [7, 11) is 0. The van der Waals surface area contributed by atoms with Crippen LogP contribution >= 0.6 is 12.6 Å². The van der Waals surface area contributed by atoms with E-state index in [-0.39, 0.29) is 11.3 Å². The maximum Gasteiger partial charge on any atom is 0.317 e. The molecule has 0 aliphatic rings. The lowest BCUT2D eigenvalue weighted by Crippen LogP contribution is -1.97. The van der Waals surface area contributed by atoms with Gasteiger partial charge in [0.05, 0.1) is 4.92 Å². The molecule has 8 heteroatoms. The number of benzene rings is 1. The molecule has 0 radical (unpaired) electrons. The smallest absolute Gasteiger partial charge is 0.317 e. The molecule has 1 heterocycles. The molecule has 0 saturated carbocycles. The predicted molar refractivity (Wildman–Crippen MR) is 84.3 cm³/mol. The van der Waals surface area contributed by atoms with Crippen molar-refractivity contribution >= 4 is 24.4 Å². The molecule has 2 rings (SSSR count). The molecule has 0 spiro atoms. The minimum absolute atomic E-state index is 0.123. The summed E-state index contributed by atoms with van der Waals surface area (Å²) in [6.45, 7) is 1.97. The van der Waals surface area contributed by atoms with Gasteiger partial charge in [0.25, 0.3) is 0 Å². The molecule has 0 fully saturated rings.